The maximum absolute atomic E-state index is 11.2. The van der Waals surface area contributed by atoms with Gasteiger partial charge < -0.3 is 20.0 Å². The van der Waals surface area contributed by atoms with Crippen LogP contribution in [-0.4, -0.2) is 36.0 Å². The van der Waals surface area contributed by atoms with E-state index >= 15 is 0 Å². The number of benzene rings is 3. The van der Waals surface area contributed by atoms with Crippen LogP contribution in [0.5, 0.6) is 0 Å². The minimum atomic E-state index is -0.630. The van der Waals surface area contributed by atoms with Crippen LogP contribution < -0.4 is 9.80 Å². The number of aliphatic hydroxyl groups is 2. The van der Waals surface area contributed by atoms with Crippen LogP contribution >= 0.6 is 0 Å². The predicted octanol–water partition coefficient (Wildman–Crippen LogP) is 5.86. The standard InChI is InChI=1S/C32H34N2O2/c1-5-34-17-16-21(22-11-8-9-13-26(22)34)18-24-30(35)25(31(24)36)19-28-32(2,3)29-23-12-7-6-10-20(23)14-15-27(29)33(28)4/h6-19,24-25,30-31,35-36H,5H2,1-4H3/b21-18+,28-19+. The van der Waals surface area contributed by atoms with Gasteiger partial charge in [0.15, 0.2) is 0 Å². The monoisotopic (exact) mass is 478 g/mol. The van der Waals surface area contributed by atoms with Crippen molar-refractivity contribution in [1.82, 2.24) is 0 Å². The molecule has 1 saturated carbocycles. The number of aliphatic hydroxyl groups excluding tert-OH is 2. The molecule has 2 N–H and O–H groups in total. The van der Waals surface area contributed by atoms with Gasteiger partial charge in [0.2, 0.25) is 0 Å². The fourth-order valence-corrected chi connectivity index (χ4v) is 6.48. The highest BCUT2D eigenvalue weighted by Crippen LogP contribution is 2.51. The lowest BCUT2D eigenvalue weighted by molar-refractivity contribution is -0.110. The molecule has 2 unspecified atom stereocenters. The number of hydrogen-bond acceptors (Lipinski definition) is 4. The molecule has 1 fully saturated rings. The van der Waals surface area contributed by atoms with Crippen molar-refractivity contribution in [2.45, 2.75) is 38.4 Å². The minimum Gasteiger partial charge on any atom is -0.392 e. The molecule has 4 nitrogen and oxygen atoms in total. The lowest BCUT2D eigenvalue weighted by Gasteiger charge is -2.45. The van der Waals surface area contributed by atoms with E-state index in [1.165, 1.54) is 22.0 Å². The zero-order valence-corrected chi connectivity index (χ0v) is 21.4. The molecule has 1 aliphatic carbocycles. The van der Waals surface area contributed by atoms with Crippen LogP contribution in [0.1, 0.15) is 31.9 Å². The summed E-state index contributed by atoms with van der Waals surface area (Å²) in [6.45, 7) is 7.52. The Balaban J connectivity index is 1.31. The quantitative estimate of drug-likeness (QED) is 0.495. The third-order valence-corrected chi connectivity index (χ3v) is 8.49. The van der Waals surface area contributed by atoms with E-state index < -0.39 is 12.2 Å². The normalized spacial score (nSPS) is 28.5. The second-order valence-electron chi connectivity index (χ2n) is 10.8. The minimum absolute atomic E-state index is 0.234. The molecule has 0 bridgehead atoms. The van der Waals surface area contributed by atoms with Crippen molar-refractivity contribution in [1.29, 1.82) is 0 Å². The molecule has 0 spiro atoms. The zero-order valence-electron chi connectivity index (χ0n) is 21.4. The summed E-state index contributed by atoms with van der Waals surface area (Å²) in [5.41, 5.74) is 6.75. The first-order valence-corrected chi connectivity index (χ1v) is 12.9. The summed E-state index contributed by atoms with van der Waals surface area (Å²) in [4.78, 5) is 4.44. The predicted molar refractivity (Wildman–Crippen MR) is 149 cm³/mol. The summed E-state index contributed by atoms with van der Waals surface area (Å²) >= 11 is 0. The van der Waals surface area contributed by atoms with Crippen LogP contribution in [0.4, 0.5) is 11.4 Å². The van der Waals surface area contributed by atoms with Gasteiger partial charge in [0.05, 0.1) is 12.2 Å². The maximum atomic E-state index is 11.2. The third-order valence-electron chi connectivity index (χ3n) is 8.49. The molecular formula is C32H34N2O2. The second kappa shape index (κ2) is 8.36. The molecule has 0 saturated heterocycles. The lowest BCUT2D eigenvalue weighted by Crippen LogP contribution is -2.54. The van der Waals surface area contributed by atoms with Gasteiger partial charge in [-0.1, -0.05) is 74.5 Å². The molecule has 0 radical (unpaired) electrons. The Morgan fingerprint density at radius 2 is 1.56 bits per heavy atom. The number of hydrogen-bond donors (Lipinski definition) is 2. The summed E-state index contributed by atoms with van der Waals surface area (Å²) in [5.74, 6) is -0.607. The fraction of sp³-hybridized carbons (Fsp3) is 0.312. The summed E-state index contributed by atoms with van der Waals surface area (Å²) in [7, 11) is 2.09. The van der Waals surface area contributed by atoms with Gasteiger partial charge in [-0.15, -0.1) is 0 Å². The van der Waals surface area contributed by atoms with E-state index in [2.05, 4.69) is 117 Å². The van der Waals surface area contributed by atoms with Crippen molar-refractivity contribution in [3.63, 3.8) is 0 Å². The molecule has 2 aliphatic heterocycles. The van der Waals surface area contributed by atoms with Gasteiger partial charge in [-0.2, -0.15) is 0 Å². The number of likely N-dealkylation sites (N-methyl/N-ethyl adjacent to an activating group) is 1. The highest BCUT2D eigenvalue weighted by molar-refractivity contribution is 5.94. The fourth-order valence-electron chi connectivity index (χ4n) is 6.48. The van der Waals surface area contributed by atoms with Crippen molar-refractivity contribution in [2.75, 3.05) is 23.4 Å². The van der Waals surface area contributed by atoms with Crippen LogP contribution in [-0.2, 0) is 5.41 Å². The summed E-state index contributed by atoms with van der Waals surface area (Å²) in [6.07, 6.45) is 7.08. The Bertz CT molecular complexity index is 1420. The largest absolute Gasteiger partial charge is 0.392 e. The number of nitrogens with zero attached hydrogens (tertiary/aromatic N) is 2. The Hall–Kier alpha value is -3.34. The Morgan fingerprint density at radius 3 is 2.33 bits per heavy atom. The average molecular weight is 479 g/mol. The van der Waals surface area contributed by atoms with Crippen LogP contribution in [0.15, 0.2) is 90.8 Å². The van der Waals surface area contributed by atoms with Crippen LogP contribution in [0, 0.1) is 11.8 Å². The number of anilines is 2. The third kappa shape index (κ3) is 3.28. The molecule has 2 heterocycles. The van der Waals surface area contributed by atoms with Crippen molar-refractivity contribution < 1.29 is 10.2 Å². The number of rotatable bonds is 3. The molecule has 36 heavy (non-hydrogen) atoms. The molecule has 2 atom stereocenters. The smallest absolute Gasteiger partial charge is 0.0716 e. The van der Waals surface area contributed by atoms with Crippen molar-refractivity contribution in [3.05, 3.63) is 102 Å². The van der Waals surface area contributed by atoms with Crippen LogP contribution in [0.3, 0.4) is 0 Å². The number of fused-ring (bicyclic) bond motifs is 4. The Morgan fingerprint density at radius 1 is 0.861 bits per heavy atom. The molecule has 184 valence electrons. The molecular weight excluding hydrogens is 444 g/mol. The van der Waals surface area contributed by atoms with Crippen molar-refractivity contribution >= 4 is 27.7 Å². The van der Waals surface area contributed by atoms with Gasteiger partial charge in [0, 0.05) is 59.7 Å². The van der Waals surface area contributed by atoms with E-state index in [9.17, 15) is 10.2 Å². The Kier molecular flexibility index (Phi) is 5.36. The van der Waals surface area contributed by atoms with Gasteiger partial charge in [0.1, 0.15) is 0 Å². The van der Waals surface area contributed by atoms with Crippen LogP contribution in [0.2, 0.25) is 0 Å². The first-order valence-electron chi connectivity index (χ1n) is 12.9. The zero-order chi connectivity index (χ0) is 25.2. The first-order chi connectivity index (χ1) is 17.3. The van der Waals surface area contributed by atoms with E-state index in [4.69, 9.17) is 0 Å². The second-order valence-corrected chi connectivity index (χ2v) is 10.8. The molecule has 4 heteroatoms. The van der Waals surface area contributed by atoms with Gasteiger partial charge in [-0.3, -0.25) is 0 Å². The number of allylic oxidation sites excluding steroid dienone is 3. The van der Waals surface area contributed by atoms with E-state index in [1.54, 1.807) is 0 Å². The van der Waals surface area contributed by atoms with Crippen molar-refractivity contribution in [3.8, 4) is 0 Å². The average Bonchev–Trinajstić information content (AvgIpc) is 3.10. The van der Waals surface area contributed by atoms with E-state index in [0.29, 0.717) is 0 Å². The topological polar surface area (TPSA) is 46.9 Å². The summed E-state index contributed by atoms with van der Waals surface area (Å²) in [6, 6.07) is 21.2. The molecule has 0 amide bonds. The van der Waals surface area contributed by atoms with Gasteiger partial charge in [0.25, 0.3) is 0 Å². The summed E-state index contributed by atoms with van der Waals surface area (Å²) < 4.78 is 0. The van der Waals surface area contributed by atoms with E-state index in [-0.39, 0.29) is 17.3 Å². The SMILES string of the molecule is CCN1C=C/C(=C\C2C(O)C(/C=C3/N(C)c4ccc5ccccc5c4C3(C)C)C2O)c2ccccc21. The maximum Gasteiger partial charge on any atom is 0.0716 e. The van der Waals surface area contributed by atoms with Gasteiger partial charge in [-0.05, 0) is 47.0 Å². The Labute approximate surface area is 213 Å². The summed E-state index contributed by atoms with van der Waals surface area (Å²) in [5, 5.41) is 24.9. The molecule has 3 aliphatic rings. The lowest BCUT2D eigenvalue weighted by atomic mass is 9.66. The van der Waals surface area contributed by atoms with E-state index in [0.717, 1.165) is 29.1 Å². The van der Waals surface area contributed by atoms with Crippen LogP contribution in [0.25, 0.3) is 16.3 Å². The molecule has 3 aromatic rings. The van der Waals surface area contributed by atoms with Gasteiger partial charge in [-0.25, -0.2) is 0 Å². The first kappa shape index (κ1) is 23.1. The van der Waals surface area contributed by atoms with Gasteiger partial charge >= 0.3 is 0 Å². The van der Waals surface area contributed by atoms with Crippen molar-refractivity contribution in [2.24, 2.45) is 11.8 Å². The highest BCUT2D eigenvalue weighted by Gasteiger charge is 2.49. The number of para-hydroxylation sites is 1. The molecule has 3 aromatic carbocycles. The van der Waals surface area contributed by atoms with E-state index in [1.807, 2.05) is 6.07 Å². The highest BCUT2D eigenvalue weighted by atomic mass is 16.3. The molecule has 0 aromatic heterocycles. The molecule has 6 rings (SSSR count).